The van der Waals surface area contributed by atoms with Gasteiger partial charge in [-0.3, -0.25) is 4.72 Å². The van der Waals surface area contributed by atoms with Crippen molar-refractivity contribution in [3.05, 3.63) is 46.6 Å². The van der Waals surface area contributed by atoms with Gasteiger partial charge >= 0.3 is 6.18 Å². The molecule has 1 aromatic heterocycles. The molecule has 0 saturated heterocycles. The summed E-state index contributed by atoms with van der Waals surface area (Å²) in [5.74, 6) is 0.224. The van der Waals surface area contributed by atoms with Crippen LogP contribution in [0.15, 0.2) is 45.9 Å². The number of rotatable bonds is 4. The van der Waals surface area contributed by atoms with Gasteiger partial charge in [0.15, 0.2) is 0 Å². The fraction of sp³-hybridized carbons (Fsp3) is 0.154. The first kappa shape index (κ1) is 17.5. The summed E-state index contributed by atoms with van der Waals surface area (Å²) >= 11 is 3.16. The molecule has 5 nitrogen and oxygen atoms in total. The Morgan fingerprint density at radius 2 is 1.91 bits per heavy atom. The number of anilines is 1. The second-order valence-electron chi connectivity index (χ2n) is 4.33. The van der Waals surface area contributed by atoms with Gasteiger partial charge in [0, 0.05) is 6.20 Å². The highest BCUT2D eigenvalue weighted by Gasteiger charge is 2.30. The summed E-state index contributed by atoms with van der Waals surface area (Å²) in [6.45, 7) is 0. The van der Waals surface area contributed by atoms with Crippen molar-refractivity contribution in [1.82, 2.24) is 4.98 Å². The topological polar surface area (TPSA) is 68.3 Å². The van der Waals surface area contributed by atoms with Crippen LogP contribution in [-0.4, -0.2) is 20.5 Å². The number of halogens is 4. The van der Waals surface area contributed by atoms with Crippen LogP contribution in [0.4, 0.5) is 19.0 Å². The number of methoxy groups -OCH3 is 1. The average molecular weight is 411 g/mol. The van der Waals surface area contributed by atoms with Crippen molar-refractivity contribution in [2.75, 3.05) is 11.8 Å². The maximum atomic E-state index is 12.4. The molecule has 0 spiro atoms. The smallest absolute Gasteiger partial charge is 0.417 e. The Morgan fingerprint density at radius 1 is 1.22 bits per heavy atom. The lowest BCUT2D eigenvalue weighted by atomic mass is 10.3. The highest BCUT2D eigenvalue weighted by Crippen LogP contribution is 2.30. The third kappa shape index (κ3) is 4.14. The van der Waals surface area contributed by atoms with Gasteiger partial charge in [-0.2, -0.15) is 13.2 Å². The molecule has 0 saturated carbocycles. The molecule has 1 N–H and O–H groups in total. The maximum Gasteiger partial charge on any atom is 0.417 e. The number of ether oxygens (including phenoxy) is 1. The van der Waals surface area contributed by atoms with Crippen molar-refractivity contribution in [3.8, 4) is 5.75 Å². The molecule has 1 aromatic carbocycles. The molecule has 124 valence electrons. The first-order chi connectivity index (χ1) is 10.6. The van der Waals surface area contributed by atoms with E-state index in [0.717, 1.165) is 12.1 Å². The minimum atomic E-state index is -4.54. The Labute approximate surface area is 138 Å². The predicted molar refractivity (Wildman–Crippen MR) is 80.7 cm³/mol. The van der Waals surface area contributed by atoms with E-state index in [4.69, 9.17) is 4.74 Å². The monoisotopic (exact) mass is 410 g/mol. The zero-order chi connectivity index (χ0) is 17.3. The summed E-state index contributed by atoms with van der Waals surface area (Å²) in [7, 11) is -2.56. The molecule has 23 heavy (non-hydrogen) atoms. The molecule has 0 amide bonds. The summed E-state index contributed by atoms with van der Waals surface area (Å²) in [6, 6.07) is 5.74. The average Bonchev–Trinajstić information content (AvgIpc) is 2.46. The number of pyridine rings is 1. The van der Waals surface area contributed by atoms with Crippen LogP contribution < -0.4 is 9.46 Å². The van der Waals surface area contributed by atoms with Gasteiger partial charge in [0.25, 0.3) is 10.0 Å². The first-order valence-corrected chi connectivity index (χ1v) is 8.31. The molecular formula is C13H10BrF3N2O3S. The summed E-state index contributed by atoms with van der Waals surface area (Å²) in [6.07, 6.45) is -3.98. The van der Waals surface area contributed by atoms with E-state index in [1.165, 1.54) is 25.3 Å². The zero-order valence-corrected chi connectivity index (χ0v) is 14.0. The normalized spacial score (nSPS) is 12.0. The standard InChI is InChI=1S/C13H10BrF3N2O3S/c1-22-11-4-3-9(6-10(11)14)23(20,21)19-12-5-2-8(7-18-12)13(15,16)17/h2-7H,1H3,(H,18,19). The first-order valence-electron chi connectivity index (χ1n) is 6.03. The number of hydrogen-bond acceptors (Lipinski definition) is 4. The second-order valence-corrected chi connectivity index (χ2v) is 6.87. The number of hydrogen-bond donors (Lipinski definition) is 1. The molecule has 0 atom stereocenters. The largest absolute Gasteiger partial charge is 0.496 e. The molecular weight excluding hydrogens is 401 g/mol. The van der Waals surface area contributed by atoms with Crippen LogP contribution >= 0.6 is 15.9 Å². The Bertz CT molecular complexity index is 808. The Hall–Kier alpha value is -1.81. The van der Waals surface area contributed by atoms with E-state index in [1.807, 2.05) is 0 Å². The Kier molecular flexibility index (Phi) is 4.85. The summed E-state index contributed by atoms with van der Waals surface area (Å²) in [5.41, 5.74) is -0.965. The van der Waals surface area contributed by atoms with Gasteiger partial charge in [-0.25, -0.2) is 13.4 Å². The molecule has 0 aliphatic rings. The number of aromatic nitrogens is 1. The van der Waals surface area contributed by atoms with E-state index in [0.29, 0.717) is 16.4 Å². The van der Waals surface area contributed by atoms with Gasteiger partial charge in [-0.1, -0.05) is 0 Å². The van der Waals surface area contributed by atoms with E-state index < -0.39 is 21.8 Å². The van der Waals surface area contributed by atoms with Crippen LogP contribution in [0.25, 0.3) is 0 Å². The van der Waals surface area contributed by atoms with E-state index in [9.17, 15) is 21.6 Å². The third-order valence-electron chi connectivity index (χ3n) is 2.76. The van der Waals surface area contributed by atoms with Crippen LogP contribution in [0.3, 0.4) is 0 Å². The fourth-order valence-electron chi connectivity index (χ4n) is 1.63. The van der Waals surface area contributed by atoms with Gasteiger partial charge in [-0.05, 0) is 46.3 Å². The van der Waals surface area contributed by atoms with Crippen molar-refractivity contribution >= 4 is 31.8 Å². The molecule has 0 radical (unpaired) electrons. The highest BCUT2D eigenvalue weighted by molar-refractivity contribution is 9.10. The lowest BCUT2D eigenvalue weighted by Crippen LogP contribution is -2.14. The van der Waals surface area contributed by atoms with E-state index in [1.54, 1.807) is 0 Å². The number of alkyl halides is 3. The van der Waals surface area contributed by atoms with Crippen molar-refractivity contribution in [1.29, 1.82) is 0 Å². The summed E-state index contributed by atoms with van der Waals surface area (Å²) in [4.78, 5) is 3.37. The van der Waals surface area contributed by atoms with Crippen LogP contribution in [0.2, 0.25) is 0 Å². The Balaban J connectivity index is 2.26. The van der Waals surface area contributed by atoms with E-state index in [-0.39, 0.29) is 10.7 Å². The third-order valence-corrected chi connectivity index (χ3v) is 4.74. The van der Waals surface area contributed by atoms with Crippen LogP contribution in [-0.2, 0) is 16.2 Å². The molecule has 0 aliphatic heterocycles. The van der Waals surface area contributed by atoms with Gasteiger partial charge in [-0.15, -0.1) is 0 Å². The predicted octanol–water partition coefficient (Wildman–Crippen LogP) is 3.67. The number of nitrogens with zero attached hydrogens (tertiary/aromatic N) is 1. The molecule has 0 fully saturated rings. The van der Waals surface area contributed by atoms with Crippen LogP contribution in [0, 0.1) is 0 Å². The molecule has 0 aliphatic carbocycles. The second kappa shape index (κ2) is 6.36. The van der Waals surface area contributed by atoms with Crippen LogP contribution in [0.1, 0.15) is 5.56 Å². The van der Waals surface area contributed by atoms with Crippen LogP contribution in [0.5, 0.6) is 5.75 Å². The Morgan fingerprint density at radius 3 is 2.39 bits per heavy atom. The minimum absolute atomic E-state index is 0.0909. The van der Waals surface area contributed by atoms with Crippen molar-refractivity contribution in [3.63, 3.8) is 0 Å². The van der Waals surface area contributed by atoms with Gasteiger partial charge in [0.2, 0.25) is 0 Å². The van der Waals surface area contributed by atoms with Gasteiger partial charge < -0.3 is 4.74 Å². The zero-order valence-electron chi connectivity index (χ0n) is 11.6. The fourth-order valence-corrected chi connectivity index (χ4v) is 3.36. The lowest BCUT2D eigenvalue weighted by molar-refractivity contribution is -0.137. The molecule has 10 heteroatoms. The summed E-state index contributed by atoms with van der Waals surface area (Å²) < 4.78 is 69.3. The molecule has 1 heterocycles. The molecule has 0 bridgehead atoms. The lowest BCUT2D eigenvalue weighted by Gasteiger charge is -2.10. The highest BCUT2D eigenvalue weighted by atomic mass is 79.9. The molecule has 0 unspecified atom stereocenters. The maximum absolute atomic E-state index is 12.4. The minimum Gasteiger partial charge on any atom is -0.496 e. The number of benzene rings is 1. The van der Waals surface area contributed by atoms with Crippen molar-refractivity contribution < 1.29 is 26.3 Å². The van der Waals surface area contributed by atoms with Gasteiger partial charge in [0.1, 0.15) is 11.6 Å². The van der Waals surface area contributed by atoms with Gasteiger partial charge in [0.05, 0.1) is 22.0 Å². The number of nitrogens with one attached hydrogen (secondary N) is 1. The van der Waals surface area contributed by atoms with E-state index in [2.05, 4.69) is 25.6 Å². The quantitative estimate of drug-likeness (QED) is 0.834. The van der Waals surface area contributed by atoms with Crippen molar-refractivity contribution in [2.45, 2.75) is 11.1 Å². The van der Waals surface area contributed by atoms with Crippen molar-refractivity contribution in [2.24, 2.45) is 0 Å². The number of sulfonamides is 1. The molecule has 2 rings (SSSR count). The van der Waals surface area contributed by atoms with E-state index >= 15 is 0 Å². The molecule has 2 aromatic rings. The summed E-state index contributed by atoms with van der Waals surface area (Å²) in [5, 5.41) is 0. The SMILES string of the molecule is COc1ccc(S(=O)(=O)Nc2ccc(C(F)(F)F)cn2)cc1Br.